The Balaban J connectivity index is 0.000000159. The Kier molecular flexibility index (Phi) is 5.05. The van der Waals surface area contributed by atoms with Crippen molar-refractivity contribution in [2.75, 3.05) is 0 Å². The Hall–Kier alpha value is -1.01. The van der Waals surface area contributed by atoms with Crippen LogP contribution in [0.5, 0.6) is 0 Å². The number of ether oxygens (including phenoxy) is 1. The third kappa shape index (κ3) is 3.36. The van der Waals surface area contributed by atoms with E-state index in [9.17, 15) is 47.8 Å². The number of fused-ring (bicyclic) bond motifs is 2. The first-order valence-corrected chi connectivity index (χ1v) is 14.4. The second-order valence-corrected chi connectivity index (χ2v) is 14.1. The van der Waals surface area contributed by atoms with Crippen LogP contribution in [0.15, 0.2) is 0 Å². The summed E-state index contributed by atoms with van der Waals surface area (Å²) >= 11 is 0. The fraction of sp³-hybridized carbons (Fsp3) is 0.938. The fourth-order valence-electron chi connectivity index (χ4n) is 6.33. The maximum Gasteiger partial charge on any atom is 0.470 e. The van der Waals surface area contributed by atoms with Gasteiger partial charge in [-0.2, -0.15) is 34.0 Å². The largest absolute Gasteiger partial charge is 0.470 e. The Morgan fingerprint density at radius 3 is 1.91 bits per heavy atom. The summed E-state index contributed by atoms with van der Waals surface area (Å²) in [5.74, 6) is -3.36. The molecule has 4 aliphatic carbocycles. The molecule has 0 aromatic rings. The topological polar surface area (TPSA) is 167 Å². The van der Waals surface area contributed by atoms with Crippen molar-refractivity contribution in [2.24, 2.45) is 23.7 Å². The Bertz CT molecular complexity index is 1200. The summed E-state index contributed by atoms with van der Waals surface area (Å²) in [7, 11) is -14.0. The van der Waals surface area contributed by atoms with Crippen LogP contribution in [0.4, 0.5) is 12.7 Å². The second-order valence-electron chi connectivity index (χ2n) is 9.29. The smallest absolute Gasteiger partial charge is 0.455 e. The molecular formula is C16H19F3O11S3. The highest BCUT2D eigenvalue weighted by Gasteiger charge is 2.68. The van der Waals surface area contributed by atoms with Gasteiger partial charge in [0, 0.05) is 17.8 Å². The van der Waals surface area contributed by atoms with E-state index < -0.39 is 82.3 Å². The number of hydrogen-bond acceptors (Lipinski definition) is 11. The first kappa shape index (κ1) is 23.7. The summed E-state index contributed by atoms with van der Waals surface area (Å²) < 4.78 is 119. The van der Waals surface area contributed by atoms with Gasteiger partial charge in [-0.3, -0.25) is 8.37 Å². The van der Waals surface area contributed by atoms with E-state index in [-0.39, 0.29) is 24.4 Å². The minimum absolute atomic E-state index is 0.0787. The molecule has 0 aromatic heterocycles. The molecule has 33 heavy (non-hydrogen) atoms. The molecule has 6 rings (SSSR count). The number of aliphatic hydroxyl groups excluding tert-OH is 1. The monoisotopic (exact) mass is 540 g/mol. The Morgan fingerprint density at radius 1 is 0.909 bits per heavy atom. The van der Waals surface area contributed by atoms with E-state index in [1.807, 2.05) is 0 Å². The van der Waals surface area contributed by atoms with E-state index in [1.54, 1.807) is 0 Å². The molecule has 17 heteroatoms. The molecule has 0 radical (unpaired) electrons. The van der Waals surface area contributed by atoms with E-state index in [1.165, 1.54) is 0 Å². The number of alkyl halides is 2. The lowest BCUT2D eigenvalue weighted by Crippen LogP contribution is -2.45. The molecule has 0 aromatic carbocycles. The summed E-state index contributed by atoms with van der Waals surface area (Å²) in [5.41, 5.74) is 0. The Morgan fingerprint density at radius 2 is 1.39 bits per heavy atom. The fourth-order valence-corrected chi connectivity index (χ4v) is 10.6. The lowest BCUT2D eigenvalue weighted by atomic mass is 9.95. The van der Waals surface area contributed by atoms with Crippen LogP contribution in [0.1, 0.15) is 25.7 Å². The van der Waals surface area contributed by atoms with Crippen molar-refractivity contribution in [3.05, 3.63) is 0 Å². The van der Waals surface area contributed by atoms with Gasteiger partial charge in [-0.15, -0.1) is 0 Å². The van der Waals surface area contributed by atoms with E-state index >= 15 is 0 Å². The first-order valence-electron chi connectivity index (χ1n) is 10.1. The van der Waals surface area contributed by atoms with E-state index in [0.717, 1.165) is 12.8 Å². The first-order chi connectivity index (χ1) is 15.0. The third-order valence-corrected chi connectivity index (χ3v) is 12.0. The molecule has 11 nitrogen and oxygen atoms in total. The number of esters is 1. The lowest BCUT2D eigenvalue weighted by molar-refractivity contribution is -0.169. The molecule has 188 valence electrons. The zero-order valence-electron chi connectivity index (χ0n) is 16.5. The van der Waals surface area contributed by atoms with Gasteiger partial charge in [-0.05, 0) is 31.6 Å². The van der Waals surface area contributed by atoms with Crippen LogP contribution in [0.2, 0.25) is 0 Å². The van der Waals surface area contributed by atoms with Crippen molar-refractivity contribution in [1.29, 1.82) is 0 Å². The predicted molar refractivity (Wildman–Crippen MR) is 98.5 cm³/mol. The van der Waals surface area contributed by atoms with Crippen LogP contribution in [-0.2, 0) is 48.4 Å². The van der Waals surface area contributed by atoms with Crippen LogP contribution >= 0.6 is 0 Å². The van der Waals surface area contributed by atoms with Crippen LogP contribution in [-0.4, -0.2) is 76.5 Å². The molecule has 10 atom stereocenters. The quantitative estimate of drug-likeness (QED) is 0.276. The van der Waals surface area contributed by atoms with Gasteiger partial charge >= 0.3 is 21.4 Å². The maximum atomic E-state index is 13.0. The highest BCUT2D eigenvalue weighted by Crippen LogP contribution is 2.56. The SMILES string of the molecule is O=C(OC1C2CC3OS(=O)(=O)C1C3C2)C(F)(F)S(=O)(=O)F.O=S1(=O)OC2CC3CC2C1C3O. The van der Waals surface area contributed by atoms with Gasteiger partial charge in [0.15, 0.2) is 0 Å². The summed E-state index contributed by atoms with van der Waals surface area (Å²) in [4.78, 5) is 11.2. The zero-order chi connectivity index (χ0) is 24.3. The van der Waals surface area contributed by atoms with Gasteiger partial charge in [0.1, 0.15) is 16.6 Å². The van der Waals surface area contributed by atoms with Gasteiger partial charge in [0.2, 0.25) is 0 Å². The number of carbonyl (C=O) groups excluding carboxylic acids is 1. The van der Waals surface area contributed by atoms with Gasteiger partial charge in [-0.25, -0.2) is 4.79 Å². The number of carbonyl (C=O) groups is 1. The minimum Gasteiger partial charge on any atom is -0.455 e. The van der Waals surface area contributed by atoms with E-state index in [4.69, 9.17) is 8.37 Å². The summed E-state index contributed by atoms with van der Waals surface area (Å²) in [5, 5.41) is 2.31. The van der Waals surface area contributed by atoms with Crippen molar-refractivity contribution in [1.82, 2.24) is 0 Å². The van der Waals surface area contributed by atoms with Crippen LogP contribution in [0, 0.1) is 23.7 Å². The molecular weight excluding hydrogens is 521 g/mol. The molecule has 2 heterocycles. The number of hydrogen-bond donors (Lipinski definition) is 1. The molecule has 0 amide bonds. The van der Waals surface area contributed by atoms with Crippen molar-refractivity contribution < 1.29 is 60.9 Å². The summed E-state index contributed by atoms with van der Waals surface area (Å²) in [6.07, 6.45) is -0.735. The molecule has 2 aliphatic heterocycles. The third-order valence-electron chi connectivity index (χ3n) is 7.60. The molecule has 6 fully saturated rings. The van der Waals surface area contributed by atoms with Gasteiger partial charge in [0.05, 0.1) is 18.3 Å². The number of rotatable bonds is 3. The molecule has 1 N–H and O–H groups in total. The average molecular weight is 541 g/mol. The predicted octanol–water partition coefficient (Wildman–Crippen LogP) is -0.588. The molecule has 0 spiro atoms. The molecule has 4 bridgehead atoms. The van der Waals surface area contributed by atoms with Crippen molar-refractivity contribution in [2.45, 2.75) is 65.9 Å². The molecule has 10 unspecified atom stereocenters. The standard InChI is InChI=1S/C9H9F3O7S2.C7H10O4S/c10-9(11,21(12,16)17)8(13)18-6-3-1-4-5(2-3)19-20(14,15)7(4)6;8-6-3-1-4-5(2-3)11-12(9,10)7(4)6/h3-7H,1-2H2;3-8H,1-2H2. The number of aliphatic hydroxyl groups is 1. The van der Waals surface area contributed by atoms with Crippen molar-refractivity contribution in [3.63, 3.8) is 0 Å². The second kappa shape index (κ2) is 7.02. The lowest BCUT2D eigenvalue weighted by Gasteiger charge is -2.25. The highest BCUT2D eigenvalue weighted by molar-refractivity contribution is 7.88. The zero-order valence-corrected chi connectivity index (χ0v) is 18.9. The molecule has 4 saturated carbocycles. The van der Waals surface area contributed by atoms with E-state index in [0.29, 0.717) is 6.42 Å². The normalized spacial score (nSPS) is 47.4. The molecule has 2 saturated heterocycles. The molecule has 6 aliphatic rings. The minimum atomic E-state index is -6.49. The highest BCUT2D eigenvalue weighted by atomic mass is 32.3. The van der Waals surface area contributed by atoms with Crippen molar-refractivity contribution >= 4 is 36.4 Å². The van der Waals surface area contributed by atoms with E-state index in [2.05, 4.69) is 4.74 Å². The van der Waals surface area contributed by atoms with Crippen LogP contribution in [0.3, 0.4) is 0 Å². The number of halogens is 3. The van der Waals surface area contributed by atoms with Crippen LogP contribution in [0.25, 0.3) is 0 Å². The van der Waals surface area contributed by atoms with Gasteiger partial charge in [-0.1, -0.05) is 3.89 Å². The van der Waals surface area contributed by atoms with Crippen LogP contribution < -0.4 is 0 Å². The summed E-state index contributed by atoms with van der Waals surface area (Å²) in [6, 6.07) is 0. The maximum absolute atomic E-state index is 13.0. The average Bonchev–Trinajstić information content (AvgIpc) is 3.42. The Labute approximate surface area is 187 Å². The van der Waals surface area contributed by atoms with Crippen molar-refractivity contribution in [3.8, 4) is 0 Å². The van der Waals surface area contributed by atoms with Gasteiger partial charge in [0.25, 0.3) is 20.2 Å². The summed E-state index contributed by atoms with van der Waals surface area (Å²) in [6.45, 7) is 0. The van der Waals surface area contributed by atoms with Gasteiger partial charge < -0.3 is 9.84 Å².